The maximum absolute atomic E-state index is 13.9. The average molecular weight is 555 g/mol. The van der Waals surface area contributed by atoms with Gasteiger partial charge in [0.2, 0.25) is 11.8 Å². The predicted molar refractivity (Wildman–Crippen MR) is 152 cm³/mol. The molecule has 0 spiro atoms. The molecule has 0 bridgehead atoms. The van der Waals surface area contributed by atoms with Gasteiger partial charge >= 0.3 is 0 Å². The Kier molecular flexibility index (Phi) is 7.60. The number of rotatable bonds is 8. The van der Waals surface area contributed by atoms with Gasteiger partial charge < -0.3 is 20.3 Å². The highest BCUT2D eigenvalue weighted by Crippen LogP contribution is 2.31. The number of hydrogen-bond acceptors (Lipinski definition) is 8. The lowest BCUT2D eigenvalue weighted by molar-refractivity contribution is -0.139. The number of amides is 2. The van der Waals surface area contributed by atoms with Crippen molar-refractivity contribution in [2.45, 2.75) is 43.8 Å². The van der Waals surface area contributed by atoms with Crippen LogP contribution >= 0.6 is 0 Å². The van der Waals surface area contributed by atoms with Crippen molar-refractivity contribution in [3.63, 3.8) is 0 Å². The summed E-state index contributed by atoms with van der Waals surface area (Å²) in [6.07, 6.45) is 5.44. The first-order valence-corrected chi connectivity index (χ1v) is 14.0. The lowest BCUT2D eigenvalue weighted by Gasteiger charge is -2.27. The van der Waals surface area contributed by atoms with Crippen molar-refractivity contribution in [3.8, 4) is 5.75 Å². The van der Waals surface area contributed by atoms with E-state index in [4.69, 9.17) is 4.74 Å². The first-order valence-electron chi connectivity index (χ1n) is 14.0. The van der Waals surface area contributed by atoms with Gasteiger partial charge in [-0.1, -0.05) is 23.4 Å². The maximum atomic E-state index is 13.9. The summed E-state index contributed by atoms with van der Waals surface area (Å²) >= 11 is 0. The summed E-state index contributed by atoms with van der Waals surface area (Å²) in [5.41, 5.74) is 3.79. The highest BCUT2D eigenvalue weighted by molar-refractivity contribution is 5.90. The molecule has 2 amide bonds. The van der Waals surface area contributed by atoms with E-state index in [2.05, 4.69) is 30.9 Å². The number of benzene rings is 2. The van der Waals surface area contributed by atoms with E-state index in [-0.39, 0.29) is 29.7 Å². The Balaban J connectivity index is 1.16. The largest absolute Gasteiger partial charge is 0.497 e. The van der Waals surface area contributed by atoms with Crippen molar-refractivity contribution in [1.29, 1.82) is 0 Å². The maximum Gasteiger partial charge on any atom is 0.243 e. The number of hydrogen-bond donors (Lipinski definition) is 2. The third-order valence-corrected chi connectivity index (χ3v) is 8.18. The number of nitrogens with one attached hydrogen (secondary N) is 2. The van der Waals surface area contributed by atoms with Crippen molar-refractivity contribution in [2.24, 2.45) is 13.0 Å². The molecule has 2 aliphatic rings. The van der Waals surface area contributed by atoms with Gasteiger partial charge in [0, 0.05) is 45.0 Å². The Morgan fingerprint density at radius 3 is 2.63 bits per heavy atom. The van der Waals surface area contributed by atoms with E-state index >= 15 is 0 Å². The molecule has 6 rings (SSSR count). The Hall–Kier alpha value is -4.38. The van der Waals surface area contributed by atoms with Gasteiger partial charge in [-0.05, 0) is 66.6 Å². The summed E-state index contributed by atoms with van der Waals surface area (Å²) in [6, 6.07) is 14.7. The van der Waals surface area contributed by atoms with Gasteiger partial charge in [0.1, 0.15) is 23.1 Å². The van der Waals surface area contributed by atoms with E-state index in [0.29, 0.717) is 32.5 Å². The summed E-state index contributed by atoms with van der Waals surface area (Å²) in [5, 5.41) is 14.7. The zero-order valence-electron chi connectivity index (χ0n) is 23.2. The third kappa shape index (κ3) is 5.76. The molecule has 11 nitrogen and oxygen atoms in total. The van der Waals surface area contributed by atoms with Crippen LogP contribution in [0.5, 0.6) is 5.75 Å². The smallest absolute Gasteiger partial charge is 0.243 e. The Morgan fingerprint density at radius 1 is 1.07 bits per heavy atom. The summed E-state index contributed by atoms with van der Waals surface area (Å²) in [7, 11) is 3.49. The topological polar surface area (TPSA) is 127 Å². The van der Waals surface area contributed by atoms with Crippen LogP contribution in [0.4, 0.5) is 0 Å². The van der Waals surface area contributed by atoms with Gasteiger partial charge in [0.15, 0.2) is 0 Å². The fourth-order valence-corrected chi connectivity index (χ4v) is 6.00. The molecule has 0 saturated carbocycles. The molecule has 0 aliphatic carbocycles. The standard InChI is InChI=1S/C30H34N8O3/c1-37-26-9-6-20(13-24(26)35-36-37)16-34-29(39)27-14-21(12-19-4-7-23(41-2)8-5-19)18-38(27)30(40)25-15-22(17-33-25)28-31-10-3-11-32-28/h3-11,13,21-22,25,27,33H,12,14-18H2,1-2H3,(H,34,39)/t21-,22-,25-,27+/m1/s1. The molecule has 2 aliphatic heterocycles. The molecule has 4 heterocycles. The molecule has 2 saturated heterocycles. The van der Waals surface area contributed by atoms with E-state index < -0.39 is 6.04 Å². The molecule has 212 valence electrons. The summed E-state index contributed by atoms with van der Waals surface area (Å²) in [4.78, 5) is 38.0. The number of fused-ring (bicyclic) bond motifs is 1. The number of carbonyl (C=O) groups excluding carboxylic acids is 2. The second kappa shape index (κ2) is 11.6. The molecule has 11 heteroatoms. The summed E-state index contributed by atoms with van der Waals surface area (Å²) in [6.45, 7) is 1.51. The number of methoxy groups -OCH3 is 1. The molecular formula is C30H34N8O3. The number of likely N-dealkylation sites (tertiary alicyclic amines) is 1. The van der Waals surface area contributed by atoms with Crippen molar-refractivity contribution < 1.29 is 14.3 Å². The first kappa shape index (κ1) is 26.8. The van der Waals surface area contributed by atoms with Crippen LogP contribution in [0, 0.1) is 5.92 Å². The minimum absolute atomic E-state index is 0.0400. The quantitative estimate of drug-likeness (QED) is 0.339. The normalized spacial score (nSPS) is 22.2. The Bertz CT molecular complexity index is 1520. The zero-order chi connectivity index (χ0) is 28.3. The first-order chi connectivity index (χ1) is 20.0. The van der Waals surface area contributed by atoms with Gasteiger partial charge in [-0.25, -0.2) is 14.6 Å². The van der Waals surface area contributed by atoms with Gasteiger partial charge in [-0.15, -0.1) is 5.10 Å². The monoisotopic (exact) mass is 554 g/mol. The van der Waals surface area contributed by atoms with Crippen molar-refractivity contribution in [1.82, 2.24) is 40.5 Å². The fourth-order valence-electron chi connectivity index (χ4n) is 6.00. The van der Waals surface area contributed by atoms with E-state index in [0.717, 1.165) is 40.2 Å². The highest BCUT2D eigenvalue weighted by atomic mass is 16.5. The van der Waals surface area contributed by atoms with E-state index in [9.17, 15) is 9.59 Å². The molecule has 4 aromatic rings. The van der Waals surface area contributed by atoms with Crippen molar-refractivity contribution in [3.05, 3.63) is 77.9 Å². The minimum atomic E-state index is -0.542. The van der Waals surface area contributed by atoms with Crippen LogP contribution in [0.2, 0.25) is 0 Å². The van der Waals surface area contributed by atoms with Crippen molar-refractivity contribution in [2.75, 3.05) is 20.2 Å². The summed E-state index contributed by atoms with van der Waals surface area (Å²) < 4.78 is 7.01. The minimum Gasteiger partial charge on any atom is -0.497 e. The number of nitrogens with zero attached hydrogens (tertiary/aromatic N) is 6. The van der Waals surface area contributed by atoms with Gasteiger partial charge in [-0.3, -0.25) is 9.59 Å². The molecule has 2 aromatic heterocycles. The van der Waals surface area contributed by atoms with Crippen LogP contribution in [0.15, 0.2) is 60.9 Å². The average Bonchev–Trinajstić information content (AvgIpc) is 3.76. The van der Waals surface area contributed by atoms with E-state index in [1.807, 2.05) is 49.5 Å². The van der Waals surface area contributed by atoms with Crippen LogP contribution in [0.1, 0.15) is 35.7 Å². The molecule has 2 N–H and O–H groups in total. The lowest BCUT2D eigenvalue weighted by Crippen LogP contribution is -2.51. The fraction of sp³-hybridized carbons (Fsp3) is 0.400. The predicted octanol–water partition coefficient (Wildman–Crippen LogP) is 1.99. The Labute approximate surface area is 238 Å². The van der Waals surface area contributed by atoms with Crippen molar-refractivity contribution >= 4 is 22.8 Å². The van der Waals surface area contributed by atoms with Crippen LogP contribution in [0.3, 0.4) is 0 Å². The summed E-state index contributed by atoms with van der Waals surface area (Å²) in [5.74, 6) is 1.58. The van der Waals surface area contributed by atoms with Crippen LogP contribution in [-0.2, 0) is 29.6 Å². The van der Waals surface area contributed by atoms with E-state index in [1.54, 1.807) is 35.2 Å². The SMILES string of the molecule is COc1ccc(C[C@@H]2C[C@@H](C(=O)NCc3ccc4c(c3)nnn4C)N(C(=O)[C@H]3C[C@@H](c4ncccn4)CN3)C2)cc1. The molecule has 2 fully saturated rings. The lowest BCUT2D eigenvalue weighted by atomic mass is 9.96. The van der Waals surface area contributed by atoms with Gasteiger partial charge in [0.25, 0.3) is 0 Å². The van der Waals surface area contributed by atoms with Crippen LogP contribution < -0.4 is 15.4 Å². The second-order valence-electron chi connectivity index (χ2n) is 10.9. The molecule has 0 radical (unpaired) electrons. The molecular weight excluding hydrogens is 520 g/mol. The van der Waals surface area contributed by atoms with Crippen LogP contribution in [0.25, 0.3) is 11.0 Å². The highest BCUT2D eigenvalue weighted by Gasteiger charge is 2.43. The molecule has 0 unspecified atom stereocenters. The third-order valence-electron chi connectivity index (χ3n) is 8.18. The number of ether oxygens (including phenoxy) is 1. The number of aryl methyl sites for hydroxylation is 1. The number of carbonyl (C=O) groups is 2. The molecule has 41 heavy (non-hydrogen) atoms. The molecule has 2 aromatic carbocycles. The van der Waals surface area contributed by atoms with E-state index in [1.165, 1.54) is 0 Å². The number of aromatic nitrogens is 5. The van der Waals surface area contributed by atoms with Gasteiger partial charge in [-0.2, -0.15) is 0 Å². The van der Waals surface area contributed by atoms with Gasteiger partial charge in [0.05, 0.1) is 18.7 Å². The molecule has 4 atom stereocenters. The van der Waals surface area contributed by atoms with Crippen LogP contribution in [-0.4, -0.2) is 74.0 Å². The Morgan fingerprint density at radius 2 is 1.85 bits per heavy atom. The second-order valence-corrected chi connectivity index (χ2v) is 10.9. The zero-order valence-corrected chi connectivity index (χ0v) is 23.2.